The summed E-state index contributed by atoms with van der Waals surface area (Å²) >= 11 is 5.78. The van der Waals surface area contributed by atoms with Gasteiger partial charge in [-0.25, -0.2) is 13.2 Å². The van der Waals surface area contributed by atoms with E-state index in [0.717, 1.165) is 0 Å². The van der Waals surface area contributed by atoms with Gasteiger partial charge in [-0.3, -0.25) is 4.72 Å². The van der Waals surface area contributed by atoms with E-state index >= 15 is 0 Å². The van der Waals surface area contributed by atoms with E-state index in [1.165, 1.54) is 24.3 Å². The number of anilines is 1. The van der Waals surface area contributed by atoms with E-state index in [9.17, 15) is 13.2 Å². The molecule has 0 bridgehead atoms. The van der Waals surface area contributed by atoms with Crippen LogP contribution in [0, 0.1) is 6.92 Å². The number of para-hydroxylation sites is 1. The molecular formula is C14H12ClNO4S. The highest BCUT2D eigenvalue weighted by molar-refractivity contribution is 7.92. The fourth-order valence-electron chi connectivity index (χ4n) is 1.81. The molecule has 0 aliphatic rings. The Morgan fingerprint density at radius 2 is 1.86 bits per heavy atom. The fraction of sp³-hybridized carbons (Fsp3) is 0.0714. The quantitative estimate of drug-likeness (QED) is 0.904. The zero-order valence-electron chi connectivity index (χ0n) is 11.0. The number of halogens is 1. The second kappa shape index (κ2) is 5.75. The Hall–Kier alpha value is -2.05. The van der Waals surface area contributed by atoms with E-state index in [2.05, 4.69) is 4.72 Å². The Morgan fingerprint density at radius 1 is 1.19 bits per heavy atom. The van der Waals surface area contributed by atoms with Gasteiger partial charge in [0.2, 0.25) is 0 Å². The first-order chi connectivity index (χ1) is 9.81. The monoisotopic (exact) mass is 325 g/mol. The molecule has 5 nitrogen and oxygen atoms in total. The molecule has 0 radical (unpaired) electrons. The number of hydrogen-bond acceptors (Lipinski definition) is 3. The average molecular weight is 326 g/mol. The van der Waals surface area contributed by atoms with Crippen molar-refractivity contribution >= 4 is 33.3 Å². The van der Waals surface area contributed by atoms with Crippen LogP contribution in [-0.4, -0.2) is 19.5 Å². The number of sulfonamides is 1. The third-order valence-corrected chi connectivity index (χ3v) is 4.43. The number of benzene rings is 2. The van der Waals surface area contributed by atoms with Crippen molar-refractivity contribution in [2.75, 3.05) is 4.72 Å². The second-order valence-corrected chi connectivity index (χ2v) is 6.48. The lowest BCUT2D eigenvalue weighted by molar-refractivity contribution is 0.0698. The summed E-state index contributed by atoms with van der Waals surface area (Å²) < 4.78 is 26.9. The molecule has 0 saturated heterocycles. The molecule has 0 saturated carbocycles. The van der Waals surface area contributed by atoms with Gasteiger partial charge in [0, 0.05) is 5.02 Å². The highest BCUT2D eigenvalue weighted by Gasteiger charge is 2.20. The summed E-state index contributed by atoms with van der Waals surface area (Å²) in [7, 11) is -3.91. The number of aromatic carboxylic acids is 1. The molecule has 7 heteroatoms. The number of carbonyl (C=O) groups is 1. The number of carboxylic acids is 1. The van der Waals surface area contributed by atoms with Gasteiger partial charge in [-0.2, -0.15) is 0 Å². The number of nitrogens with one attached hydrogen (secondary N) is 1. The van der Waals surface area contributed by atoms with Crippen molar-refractivity contribution in [2.24, 2.45) is 0 Å². The van der Waals surface area contributed by atoms with Gasteiger partial charge in [-0.05, 0) is 36.8 Å². The Morgan fingerprint density at radius 3 is 2.48 bits per heavy atom. The summed E-state index contributed by atoms with van der Waals surface area (Å²) in [5.74, 6) is -1.21. The molecular weight excluding hydrogens is 314 g/mol. The Bertz CT molecular complexity index is 802. The number of carboxylic acid groups (broad SMARTS) is 1. The van der Waals surface area contributed by atoms with Crippen LogP contribution in [0.4, 0.5) is 5.69 Å². The first kappa shape index (κ1) is 15.3. The van der Waals surface area contributed by atoms with Gasteiger partial charge in [0.15, 0.2) is 0 Å². The van der Waals surface area contributed by atoms with Crippen molar-refractivity contribution in [2.45, 2.75) is 11.8 Å². The van der Waals surface area contributed by atoms with Gasteiger partial charge < -0.3 is 5.11 Å². The summed E-state index contributed by atoms with van der Waals surface area (Å²) in [6, 6.07) is 10.3. The van der Waals surface area contributed by atoms with Gasteiger partial charge in [0.25, 0.3) is 10.0 Å². The fourth-order valence-corrected chi connectivity index (χ4v) is 3.26. The largest absolute Gasteiger partial charge is 0.478 e. The molecule has 0 aromatic heterocycles. The molecule has 0 amide bonds. The minimum atomic E-state index is -3.91. The Labute approximate surface area is 127 Å². The van der Waals surface area contributed by atoms with Gasteiger partial charge in [0.1, 0.15) is 0 Å². The second-order valence-electron chi connectivity index (χ2n) is 4.37. The summed E-state index contributed by atoms with van der Waals surface area (Å²) in [6.07, 6.45) is 0. The number of aryl methyl sites for hydroxylation is 1. The van der Waals surface area contributed by atoms with Crippen molar-refractivity contribution in [3.05, 3.63) is 58.6 Å². The van der Waals surface area contributed by atoms with Gasteiger partial charge in [0.05, 0.1) is 16.1 Å². The van der Waals surface area contributed by atoms with E-state index in [-0.39, 0.29) is 21.2 Å². The molecule has 0 fully saturated rings. The zero-order chi connectivity index (χ0) is 15.6. The van der Waals surface area contributed by atoms with Crippen LogP contribution in [0.1, 0.15) is 15.9 Å². The van der Waals surface area contributed by atoms with Gasteiger partial charge in [-0.15, -0.1) is 0 Å². The SMILES string of the molecule is Cc1cccc(C(=O)O)c1NS(=O)(=O)c1cccc(Cl)c1. The Balaban J connectivity index is 2.49. The predicted molar refractivity (Wildman–Crippen MR) is 80.4 cm³/mol. The van der Waals surface area contributed by atoms with E-state index in [4.69, 9.17) is 16.7 Å². The normalized spacial score (nSPS) is 11.1. The van der Waals surface area contributed by atoms with Crippen LogP contribution in [0.3, 0.4) is 0 Å². The maximum atomic E-state index is 12.3. The van der Waals surface area contributed by atoms with E-state index < -0.39 is 16.0 Å². The lowest BCUT2D eigenvalue weighted by Crippen LogP contribution is -2.16. The summed E-state index contributed by atoms with van der Waals surface area (Å²) in [4.78, 5) is 11.2. The maximum Gasteiger partial charge on any atom is 0.337 e. The first-order valence-corrected chi connectivity index (χ1v) is 7.78. The Kier molecular flexibility index (Phi) is 4.20. The van der Waals surface area contributed by atoms with Crippen LogP contribution in [0.2, 0.25) is 5.02 Å². The van der Waals surface area contributed by atoms with Crippen LogP contribution >= 0.6 is 11.6 Å². The molecule has 0 spiro atoms. The first-order valence-electron chi connectivity index (χ1n) is 5.92. The standard InChI is InChI=1S/C14H12ClNO4S/c1-9-4-2-7-12(14(17)18)13(9)16-21(19,20)11-6-3-5-10(15)8-11/h2-8,16H,1H3,(H,17,18). The van der Waals surface area contributed by atoms with E-state index in [1.54, 1.807) is 25.1 Å². The highest BCUT2D eigenvalue weighted by Crippen LogP contribution is 2.25. The number of hydrogen-bond donors (Lipinski definition) is 2. The average Bonchev–Trinajstić information content (AvgIpc) is 2.40. The van der Waals surface area contributed by atoms with Crippen LogP contribution < -0.4 is 4.72 Å². The van der Waals surface area contributed by atoms with Crippen molar-refractivity contribution in [1.82, 2.24) is 0 Å². The molecule has 2 N–H and O–H groups in total. The maximum absolute atomic E-state index is 12.3. The molecule has 0 aliphatic carbocycles. The highest BCUT2D eigenvalue weighted by atomic mass is 35.5. The predicted octanol–water partition coefficient (Wildman–Crippen LogP) is 3.15. The summed E-state index contributed by atoms with van der Waals surface area (Å²) in [6.45, 7) is 1.63. The molecule has 0 aliphatic heterocycles. The minimum Gasteiger partial charge on any atom is -0.478 e. The molecule has 21 heavy (non-hydrogen) atoms. The zero-order valence-corrected chi connectivity index (χ0v) is 12.6. The van der Waals surface area contributed by atoms with Crippen molar-refractivity contribution < 1.29 is 18.3 Å². The molecule has 0 unspecified atom stereocenters. The third kappa shape index (κ3) is 3.34. The van der Waals surface area contributed by atoms with Gasteiger partial charge in [-0.1, -0.05) is 29.8 Å². The van der Waals surface area contributed by atoms with Crippen LogP contribution in [-0.2, 0) is 10.0 Å². The molecule has 2 rings (SSSR count). The van der Waals surface area contributed by atoms with Gasteiger partial charge >= 0.3 is 5.97 Å². The third-order valence-electron chi connectivity index (χ3n) is 2.85. The molecule has 2 aromatic carbocycles. The topological polar surface area (TPSA) is 83.5 Å². The van der Waals surface area contributed by atoms with E-state index in [0.29, 0.717) is 5.56 Å². The summed E-state index contributed by atoms with van der Waals surface area (Å²) in [5.41, 5.74) is 0.450. The van der Waals surface area contributed by atoms with Crippen molar-refractivity contribution in [3.8, 4) is 0 Å². The molecule has 2 aromatic rings. The molecule has 110 valence electrons. The lowest BCUT2D eigenvalue weighted by atomic mass is 10.1. The molecule has 0 heterocycles. The van der Waals surface area contributed by atoms with Crippen molar-refractivity contribution in [1.29, 1.82) is 0 Å². The lowest BCUT2D eigenvalue weighted by Gasteiger charge is -2.13. The summed E-state index contributed by atoms with van der Waals surface area (Å²) in [5, 5.41) is 9.42. The molecule has 0 atom stereocenters. The minimum absolute atomic E-state index is 0.0328. The van der Waals surface area contributed by atoms with Crippen LogP contribution in [0.15, 0.2) is 47.4 Å². The van der Waals surface area contributed by atoms with E-state index in [1.807, 2.05) is 0 Å². The van der Waals surface area contributed by atoms with Crippen LogP contribution in [0.5, 0.6) is 0 Å². The van der Waals surface area contributed by atoms with Crippen molar-refractivity contribution in [3.63, 3.8) is 0 Å². The smallest absolute Gasteiger partial charge is 0.337 e. The number of rotatable bonds is 4. The van der Waals surface area contributed by atoms with Crippen LogP contribution in [0.25, 0.3) is 0 Å².